The van der Waals surface area contributed by atoms with Crippen molar-refractivity contribution in [3.8, 4) is 0 Å². The Morgan fingerprint density at radius 3 is 2.10 bits per heavy atom. The maximum absolute atomic E-state index is 12.1. The van der Waals surface area contributed by atoms with Crippen molar-refractivity contribution < 1.29 is 36.3 Å². The van der Waals surface area contributed by atoms with Crippen LogP contribution in [-0.4, -0.2) is 51.8 Å². The maximum atomic E-state index is 12.1. The Balaban J connectivity index is 1.02. The predicted molar refractivity (Wildman–Crippen MR) is 141 cm³/mol. The van der Waals surface area contributed by atoms with E-state index in [0.717, 1.165) is 29.7 Å². The van der Waals surface area contributed by atoms with Crippen molar-refractivity contribution in [3.05, 3.63) is 90.0 Å². The summed E-state index contributed by atoms with van der Waals surface area (Å²) < 4.78 is 39.9. The Bertz CT molecular complexity index is 1400. The van der Waals surface area contributed by atoms with Crippen molar-refractivity contribution in [1.29, 1.82) is 0 Å². The number of benzene rings is 1. The van der Waals surface area contributed by atoms with Crippen molar-refractivity contribution in [2.45, 2.75) is 43.7 Å². The minimum absolute atomic E-state index is 0.0419. The van der Waals surface area contributed by atoms with E-state index in [1.54, 1.807) is 12.1 Å². The van der Waals surface area contributed by atoms with Crippen molar-refractivity contribution in [3.63, 3.8) is 0 Å². The number of hydrogen-bond donors (Lipinski definition) is 2. The van der Waals surface area contributed by atoms with Crippen LogP contribution in [0.4, 0.5) is 0 Å². The molecule has 10 nitrogen and oxygen atoms in total. The summed E-state index contributed by atoms with van der Waals surface area (Å²) in [6, 6.07) is 18.9. The minimum Gasteiger partial charge on any atom is -0.379 e. The number of amides is 1. The lowest BCUT2D eigenvalue weighted by Gasteiger charge is -2.30. The summed E-state index contributed by atoms with van der Waals surface area (Å²) in [4.78, 5) is 12.1. The fourth-order valence-electron chi connectivity index (χ4n) is 5.77. The standard InChI is InChI=1S/C28H35N5O5S/c1-28-31-13-4-2-6-24(31)21-33(28,22-25-7-3-5-14-32(25)28)15-17-38-19-18-37-16-12-27(34)30-20-23-8-10-26(11-9-23)39(29,35)36/h2-11,13-14H,12,15-22H2,1H3,(H2-,29,30,34,35,36)/q+2/p+1. The summed E-state index contributed by atoms with van der Waals surface area (Å²) in [5, 5.41) is 7.90. The van der Waals surface area contributed by atoms with Crippen LogP contribution >= 0.6 is 0 Å². The van der Waals surface area contributed by atoms with Crippen LogP contribution in [0.2, 0.25) is 0 Å². The topological polar surface area (TPSA) is 115 Å². The highest BCUT2D eigenvalue weighted by molar-refractivity contribution is 7.89. The summed E-state index contributed by atoms with van der Waals surface area (Å²) in [5.74, 6) is -0.372. The molecule has 11 heteroatoms. The number of nitrogens with zero attached hydrogens (tertiary/aromatic N) is 3. The van der Waals surface area contributed by atoms with Gasteiger partial charge in [0.15, 0.2) is 25.5 Å². The van der Waals surface area contributed by atoms with Gasteiger partial charge >= 0.3 is 5.79 Å². The van der Waals surface area contributed by atoms with Crippen LogP contribution in [0, 0.1) is 0 Å². The Morgan fingerprint density at radius 1 is 0.923 bits per heavy atom. The van der Waals surface area contributed by atoms with Gasteiger partial charge in [0, 0.05) is 37.2 Å². The highest BCUT2D eigenvalue weighted by Gasteiger charge is 2.74. The van der Waals surface area contributed by atoms with Crippen LogP contribution in [0.25, 0.3) is 0 Å². The van der Waals surface area contributed by atoms with Crippen LogP contribution in [0.3, 0.4) is 0 Å². The quantitative estimate of drug-likeness (QED) is 0.194. The smallest absolute Gasteiger partial charge is 0.379 e. The van der Waals surface area contributed by atoms with Gasteiger partial charge in [0.2, 0.25) is 27.3 Å². The number of aromatic nitrogens is 2. The largest absolute Gasteiger partial charge is 0.489 e. The van der Waals surface area contributed by atoms with Crippen molar-refractivity contribution >= 4 is 15.9 Å². The van der Waals surface area contributed by atoms with Gasteiger partial charge in [-0.1, -0.05) is 21.3 Å². The van der Waals surface area contributed by atoms with E-state index in [-0.39, 0.29) is 23.0 Å². The van der Waals surface area contributed by atoms with E-state index >= 15 is 0 Å². The molecule has 206 valence electrons. The molecule has 0 atom stereocenters. The SMILES string of the molecule is CC12[n+]3ccccc3C[N+]1(CCOCCOCCC(=O)NCc1ccc(S(N)(=O)=O)cc1)Cc1cccc[n+]12. The molecule has 1 aromatic carbocycles. The number of fused-ring (bicyclic) bond motifs is 5. The van der Waals surface area contributed by atoms with E-state index in [0.29, 0.717) is 33.0 Å². The first-order valence-electron chi connectivity index (χ1n) is 13.1. The zero-order valence-electron chi connectivity index (χ0n) is 22.2. The highest BCUT2D eigenvalue weighted by atomic mass is 32.2. The summed E-state index contributed by atoms with van der Waals surface area (Å²) in [6.45, 7) is 7.19. The van der Waals surface area contributed by atoms with E-state index in [9.17, 15) is 13.2 Å². The zero-order valence-corrected chi connectivity index (χ0v) is 23.0. The third-order valence-corrected chi connectivity index (χ3v) is 8.81. The molecule has 39 heavy (non-hydrogen) atoms. The average Bonchev–Trinajstić information content (AvgIpc) is 3.31. The van der Waals surface area contributed by atoms with Gasteiger partial charge in [-0.15, -0.1) is 0 Å². The second-order valence-corrected chi connectivity index (χ2v) is 11.8. The third kappa shape index (κ3) is 5.45. The van der Waals surface area contributed by atoms with Crippen molar-refractivity contribution in [2.24, 2.45) is 5.14 Å². The van der Waals surface area contributed by atoms with Gasteiger partial charge in [-0.2, -0.15) is 4.48 Å². The monoisotopic (exact) mass is 554 g/mol. The molecule has 5 rings (SSSR count). The number of nitrogens with one attached hydrogen (secondary N) is 1. The number of sulfonamides is 1. The molecule has 2 aromatic heterocycles. The molecule has 0 saturated heterocycles. The molecule has 2 aliphatic rings. The van der Waals surface area contributed by atoms with E-state index in [1.165, 1.54) is 23.5 Å². The Morgan fingerprint density at radius 2 is 1.51 bits per heavy atom. The summed E-state index contributed by atoms with van der Waals surface area (Å²) in [6.07, 6.45) is 4.59. The van der Waals surface area contributed by atoms with Gasteiger partial charge in [-0.25, -0.2) is 13.6 Å². The first-order valence-corrected chi connectivity index (χ1v) is 14.7. The molecule has 0 bridgehead atoms. The fourth-order valence-corrected chi connectivity index (χ4v) is 6.29. The Kier molecular flexibility index (Phi) is 7.79. The molecule has 1 amide bonds. The zero-order chi connectivity index (χ0) is 27.5. The summed E-state index contributed by atoms with van der Waals surface area (Å²) in [7, 11) is -3.73. The van der Waals surface area contributed by atoms with Crippen LogP contribution in [0.5, 0.6) is 0 Å². The molecular weight excluding hydrogens is 518 g/mol. The maximum Gasteiger partial charge on any atom is 0.489 e. The predicted octanol–water partition coefficient (Wildman–Crippen LogP) is 0.671. The molecular formula is C28H36N5O5S+3. The molecule has 0 saturated carbocycles. The molecule has 0 aliphatic carbocycles. The molecule has 4 heterocycles. The first kappa shape index (κ1) is 27.4. The summed E-state index contributed by atoms with van der Waals surface area (Å²) >= 11 is 0. The highest BCUT2D eigenvalue weighted by Crippen LogP contribution is 2.38. The number of ether oxygens (including phenoxy) is 2. The molecule has 0 fully saturated rings. The molecule has 0 radical (unpaired) electrons. The van der Waals surface area contributed by atoms with E-state index in [4.69, 9.17) is 14.6 Å². The van der Waals surface area contributed by atoms with Gasteiger partial charge in [0.1, 0.15) is 13.5 Å². The molecule has 2 aliphatic heterocycles. The first-order chi connectivity index (χ1) is 18.7. The Hall–Kier alpha value is -3.22. The van der Waals surface area contributed by atoms with Crippen LogP contribution in [-0.2, 0) is 49.7 Å². The van der Waals surface area contributed by atoms with Gasteiger partial charge in [0.25, 0.3) is 0 Å². The number of primary sulfonamides is 1. The molecule has 3 N–H and O–H groups in total. The van der Waals surface area contributed by atoms with Gasteiger partial charge in [-0.05, 0) is 29.8 Å². The van der Waals surface area contributed by atoms with E-state index in [1.807, 2.05) is 0 Å². The number of carbonyl (C=O) groups is 1. The lowest BCUT2D eigenvalue weighted by atomic mass is 10.2. The molecule has 3 aromatic rings. The number of quaternary nitrogens is 1. The minimum atomic E-state index is -3.73. The van der Waals surface area contributed by atoms with Crippen molar-refractivity contribution in [1.82, 2.24) is 5.32 Å². The number of nitrogens with two attached hydrogens (primary N) is 1. The van der Waals surface area contributed by atoms with E-state index in [2.05, 4.69) is 70.2 Å². The second-order valence-electron chi connectivity index (χ2n) is 10.2. The number of rotatable bonds is 12. The third-order valence-electron chi connectivity index (χ3n) is 7.88. The van der Waals surface area contributed by atoms with Crippen LogP contribution < -0.4 is 19.6 Å². The van der Waals surface area contributed by atoms with Gasteiger partial charge < -0.3 is 14.8 Å². The molecule has 0 unspecified atom stereocenters. The molecule has 0 spiro atoms. The number of carbonyl (C=O) groups excluding carboxylic acids is 1. The normalized spacial score (nSPS) is 21.3. The number of pyridine rings is 2. The van der Waals surface area contributed by atoms with Crippen molar-refractivity contribution in [2.75, 3.05) is 33.0 Å². The van der Waals surface area contributed by atoms with Gasteiger partial charge in [0.05, 0.1) is 31.3 Å². The van der Waals surface area contributed by atoms with Crippen LogP contribution in [0.1, 0.15) is 30.3 Å². The lowest BCUT2D eigenvalue weighted by molar-refractivity contribution is -1.20. The number of hydrogen-bond acceptors (Lipinski definition) is 5. The summed E-state index contributed by atoms with van der Waals surface area (Å²) in [5.41, 5.74) is 3.43. The van der Waals surface area contributed by atoms with E-state index < -0.39 is 10.0 Å². The fraction of sp³-hybridized carbons (Fsp3) is 0.393. The van der Waals surface area contributed by atoms with Crippen LogP contribution in [0.15, 0.2) is 78.0 Å². The lowest BCUT2D eigenvalue weighted by Crippen LogP contribution is -2.77. The van der Waals surface area contributed by atoms with Gasteiger partial charge in [-0.3, -0.25) is 4.79 Å². The second kappa shape index (κ2) is 11.1. The average molecular weight is 555 g/mol. The Labute approximate surface area is 229 Å².